The molecule has 0 N–H and O–H groups in total. The molecule has 3 aromatic rings. The Morgan fingerprint density at radius 1 is 1.06 bits per heavy atom. The maximum atomic E-state index is 10.8. The predicted octanol–water partition coefficient (Wildman–Crippen LogP) is 4.72. The van der Waals surface area contributed by atoms with Crippen molar-refractivity contribution < 1.29 is 17.5 Å². The van der Waals surface area contributed by atoms with Crippen LogP contribution in [0.3, 0.4) is 0 Å². The highest BCUT2D eigenvalue weighted by atomic mass is 32.2. The van der Waals surface area contributed by atoms with Crippen LogP contribution in [0.25, 0.3) is 0 Å². The van der Waals surface area contributed by atoms with Crippen LogP contribution in [0.4, 0.5) is 16.5 Å². The zero-order valence-electron chi connectivity index (χ0n) is 17.6. The number of benzene rings is 2. The van der Waals surface area contributed by atoms with E-state index in [0.29, 0.717) is 11.7 Å². The van der Waals surface area contributed by atoms with Crippen LogP contribution >= 0.6 is 11.3 Å². The summed E-state index contributed by atoms with van der Waals surface area (Å²) in [5, 5.41) is 11.3. The number of hydrogen-bond donors (Lipinski definition) is 0. The number of hydrogen-bond acceptors (Lipinski definition) is 7. The van der Waals surface area contributed by atoms with Crippen molar-refractivity contribution in [1.82, 2.24) is 0 Å². The molecule has 0 aliphatic heterocycles. The minimum absolute atomic E-state index is 0.250. The van der Waals surface area contributed by atoms with Gasteiger partial charge >= 0.3 is 5.13 Å². The van der Waals surface area contributed by atoms with E-state index in [-0.39, 0.29) is 12.2 Å². The molecule has 0 radical (unpaired) electrons. The van der Waals surface area contributed by atoms with E-state index < -0.39 is 10.1 Å². The van der Waals surface area contributed by atoms with Crippen LogP contribution in [0.15, 0.2) is 70.2 Å². The smallest absolute Gasteiger partial charge is 0.408 e. The number of thiazole rings is 1. The molecule has 9 heteroatoms. The molecule has 1 aromatic heterocycles. The van der Waals surface area contributed by atoms with Crippen molar-refractivity contribution in [2.75, 3.05) is 17.2 Å². The Kier molecular flexibility index (Phi) is 7.89. The molecule has 0 fully saturated rings. The lowest BCUT2D eigenvalue weighted by Crippen LogP contribution is -2.35. The number of azo groups is 1. The summed E-state index contributed by atoms with van der Waals surface area (Å²) in [6, 6.07) is 18.3. The molecule has 0 aliphatic rings. The topological polar surface area (TPSA) is 89.0 Å². The van der Waals surface area contributed by atoms with Crippen molar-refractivity contribution in [2.24, 2.45) is 10.2 Å². The van der Waals surface area contributed by atoms with Gasteiger partial charge < -0.3 is 9.45 Å². The van der Waals surface area contributed by atoms with Crippen LogP contribution in [0.1, 0.15) is 24.6 Å². The Labute approximate surface area is 187 Å². The van der Waals surface area contributed by atoms with Gasteiger partial charge in [0.1, 0.15) is 11.4 Å². The van der Waals surface area contributed by atoms with E-state index in [2.05, 4.69) is 34.2 Å². The third-order valence-corrected chi connectivity index (χ3v) is 6.59. The van der Waals surface area contributed by atoms with E-state index in [9.17, 15) is 13.0 Å². The van der Waals surface area contributed by atoms with Crippen LogP contribution in [0, 0.1) is 6.92 Å². The second kappa shape index (κ2) is 10.6. The summed E-state index contributed by atoms with van der Waals surface area (Å²) in [6.07, 6.45) is 0.250. The van der Waals surface area contributed by atoms with Gasteiger partial charge in [0.05, 0.1) is 21.8 Å². The quantitative estimate of drug-likeness (QED) is 0.250. The first-order valence-electron chi connectivity index (χ1n) is 10.1. The molecule has 2 aromatic carbocycles. The van der Waals surface area contributed by atoms with E-state index >= 15 is 0 Å². The van der Waals surface area contributed by atoms with Crippen LogP contribution in [-0.4, -0.2) is 25.3 Å². The number of aromatic nitrogens is 1. The summed E-state index contributed by atoms with van der Waals surface area (Å²) in [7, 11) is -4.21. The summed E-state index contributed by atoms with van der Waals surface area (Å²) in [5.41, 5.74) is 4.07. The summed E-state index contributed by atoms with van der Waals surface area (Å²) < 4.78 is 34.4. The molecule has 164 valence electrons. The number of aryl methyl sites for hydroxylation is 1. The molecular weight excluding hydrogens is 432 g/mol. The largest absolute Gasteiger partial charge is 0.748 e. The average molecular weight is 459 g/mol. The predicted molar refractivity (Wildman–Crippen MR) is 122 cm³/mol. The molecular formula is C22H26N4O3S2. The van der Waals surface area contributed by atoms with Crippen molar-refractivity contribution in [3.05, 3.63) is 71.2 Å². The van der Waals surface area contributed by atoms with Crippen molar-refractivity contribution in [1.29, 1.82) is 0 Å². The summed E-state index contributed by atoms with van der Waals surface area (Å²) in [6.45, 7) is 6.19. The van der Waals surface area contributed by atoms with Gasteiger partial charge in [0.15, 0.2) is 0 Å². The van der Waals surface area contributed by atoms with Gasteiger partial charge in [-0.25, -0.2) is 13.0 Å². The Hall–Kier alpha value is -2.62. The normalized spacial score (nSPS) is 11.8. The van der Waals surface area contributed by atoms with Gasteiger partial charge in [0.2, 0.25) is 0 Å². The van der Waals surface area contributed by atoms with E-state index in [0.717, 1.165) is 30.2 Å². The Bertz CT molecular complexity index is 1110. The van der Waals surface area contributed by atoms with Gasteiger partial charge in [-0.3, -0.25) is 0 Å². The van der Waals surface area contributed by atoms with Crippen molar-refractivity contribution in [3.63, 3.8) is 0 Å². The Morgan fingerprint density at radius 2 is 1.77 bits per heavy atom. The second-order valence-corrected chi connectivity index (χ2v) is 9.50. The van der Waals surface area contributed by atoms with Crippen molar-refractivity contribution in [3.8, 4) is 0 Å². The highest BCUT2D eigenvalue weighted by Crippen LogP contribution is 2.24. The summed E-state index contributed by atoms with van der Waals surface area (Å²) in [4.78, 5) is 2.29. The highest BCUT2D eigenvalue weighted by molar-refractivity contribution is 7.85. The van der Waals surface area contributed by atoms with E-state index in [4.69, 9.17) is 0 Å². The molecule has 0 amide bonds. The molecule has 0 saturated heterocycles. The molecule has 0 unspecified atom stereocenters. The molecule has 0 saturated carbocycles. The Balaban J connectivity index is 1.67. The van der Waals surface area contributed by atoms with E-state index in [1.807, 2.05) is 59.3 Å². The summed E-state index contributed by atoms with van der Waals surface area (Å²) >= 11 is 1.43. The maximum absolute atomic E-state index is 10.8. The minimum atomic E-state index is -4.21. The van der Waals surface area contributed by atoms with Crippen molar-refractivity contribution in [2.45, 2.75) is 33.4 Å². The first kappa shape index (κ1) is 23.1. The molecule has 0 atom stereocenters. The van der Waals surface area contributed by atoms with Gasteiger partial charge in [-0.2, -0.15) is 0 Å². The lowest BCUT2D eigenvalue weighted by Gasteiger charge is -2.23. The van der Waals surface area contributed by atoms with Gasteiger partial charge in [0.25, 0.3) is 0 Å². The molecule has 3 rings (SSSR count). The fourth-order valence-electron chi connectivity index (χ4n) is 3.19. The van der Waals surface area contributed by atoms with Crippen molar-refractivity contribution >= 4 is 38.0 Å². The van der Waals surface area contributed by atoms with E-state index in [1.165, 1.54) is 16.9 Å². The zero-order valence-corrected chi connectivity index (χ0v) is 19.3. The third-order valence-electron chi connectivity index (χ3n) is 4.83. The molecule has 0 aliphatic carbocycles. The standard InChI is InChI=1S/C22H26N4O3S2/c1-3-25(16-19-8-5-4-6-9-19)21-12-10-20(11-13-21)23-24-22-26(18(2)17-30-22)14-7-15-31(27,28)29/h4-6,8-13,17H,3,7,14-16H2,1-2H3. The SMILES string of the molecule is CCN(Cc1ccccc1)c1ccc(N=Nc2scc(C)[n+]2CCCS(=O)(=O)[O-])cc1. The first-order valence-corrected chi connectivity index (χ1v) is 12.5. The lowest BCUT2D eigenvalue weighted by atomic mass is 10.2. The maximum Gasteiger partial charge on any atom is 0.408 e. The number of anilines is 1. The van der Waals surface area contributed by atoms with Gasteiger partial charge in [-0.05, 0) is 66.5 Å². The van der Waals surface area contributed by atoms with Gasteiger partial charge in [-0.1, -0.05) is 30.3 Å². The molecule has 0 bridgehead atoms. The highest BCUT2D eigenvalue weighted by Gasteiger charge is 2.16. The third kappa shape index (κ3) is 6.95. The summed E-state index contributed by atoms with van der Waals surface area (Å²) in [5.74, 6) is -0.385. The fraction of sp³-hybridized carbons (Fsp3) is 0.318. The van der Waals surface area contributed by atoms with Crippen LogP contribution in [0.2, 0.25) is 0 Å². The minimum Gasteiger partial charge on any atom is -0.748 e. The molecule has 1 heterocycles. The lowest BCUT2D eigenvalue weighted by molar-refractivity contribution is -0.686. The number of rotatable bonds is 10. The number of nitrogens with zero attached hydrogens (tertiary/aromatic N) is 4. The monoisotopic (exact) mass is 458 g/mol. The van der Waals surface area contributed by atoms with Crippen LogP contribution in [0.5, 0.6) is 0 Å². The average Bonchev–Trinajstić information content (AvgIpc) is 3.10. The molecule has 31 heavy (non-hydrogen) atoms. The molecule has 7 nitrogen and oxygen atoms in total. The first-order chi connectivity index (χ1) is 14.9. The zero-order chi connectivity index (χ0) is 22.3. The fourth-order valence-corrected chi connectivity index (χ4v) is 4.52. The van der Waals surface area contributed by atoms with Crippen LogP contribution < -0.4 is 9.47 Å². The van der Waals surface area contributed by atoms with Gasteiger partial charge in [-0.15, -0.1) is 0 Å². The van der Waals surface area contributed by atoms with Crippen LogP contribution in [-0.2, 0) is 23.2 Å². The Morgan fingerprint density at radius 3 is 2.42 bits per heavy atom. The van der Waals surface area contributed by atoms with Gasteiger partial charge in [0, 0.05) is 29.9 Å². The molecule has 0 spiro atoms. The second-order valence-electron chi connectivity index (χ2n) is 7.14. The van der Waals surface area contributed by atoms with E-state index in [1.54, 1.807) is 0 Å².